The second kappa shape index (κ2) is 6.19. The van der Waals surface area contributed by atoms with Gasteiger partial charge in [-0.2, -0.15) is 0 Å². The van der Waals surface area contributed by atoms with Crippen LogP contribution in [0.1, 0.15) is 49.0 Å². The lowest BCUT2D eigenvalue weighted by Crippen LogP contribution is -2.37. The van der Waals surface area contributed by atoms with Gasteiger partial charge in [0, 0.05) is 10.9 Å². The molecule has 8 nitrogen and oxygen atoms in total. The fourth-order valence-corrected chi connectivity index (χ4v) is 3.01. The molecule has 1 aromatic carbocycles. The van der Waals surface area contributed by atoms with Crippen molar-refractivity contribution in [3.63, 3.8) is 0 Å². The first-order chi connectivity index (χ1) is 12.1. The van der Waals surface area contributed by atoms with E-state index in [1.165, 1.54) is 0 Å². The molecule has 25 heavy (non-hydrogen) atoms. The van der Waals surface area contributed by atoms with Crippen LogP contribution in [0.15, 0.2) is 28.7 Å². The van der Waals surface area contributed by atoms with Gasteiger partial charge in [0.2, 0.25) is 0 Å². The van der Waals surface area contributed by atoms with E-state index in [0.717, 1.165) is 35.1 Å². The number of tetrazole rings is 1. The molecule has 0 radical (unpaired) electrons. The number of carbonyl (C=O) groups is 1. The zero-order chi connectivity index (χ0) is 17.4. The van der Waals surface area contributed by atoms with Crippen molar-refractivity contribution < 1.29 is 9.21 Å². The average molecular weight is 340 g/mol. The summed E-state index contributed by atoms with van der Waals surface area (Å²) in [5, 5.41) is 18.4. The minimum absolute atomic E-state index is 0.244. The van der Waals surface area contributed by atoms with Gasteiger partial charge in [-0.25, -0.2) is 9.48 Å². The number of rotatable bonds is 5. The fraction of sp³-hybridized carbons (Fsp3) is 0.412. The van der Waals surface area contributed by atoms with Gasteiger partial charge in [-0.3, -0.25) is 0 Å². The van der Waals surface area contributed by atoms with Crippen LogP contribution in [0.25, 0.3) is 11.0 Å². The summed E-state index contributed by atoms with van der Waals surface area (Å²) in [5.74, 6) is 1.43. The molecule has 2 aromatic heterocycles. The van der Waals surface area contributed by atoms with Crippen LogP contribution >= 0.6 is 0 Å². The summed E-state index contributed by atoms with van der Waals surface area (Å²) in [6, 6.07) is 7.71. The maximum absolute atomic E-state index is 12.2. The van der Waals surface area contributed by atoms with Crippen molar-refractivity contribution in [1.29, 1.82) is 0 Å². The highest BCUT2D eigenvalue weighted by Crippen LogP contribution is 2.34. The number of benzene rings is 1. The Morgan fingerprint density at radius 2 is 2.20 bits per heavy atom. The molecule has 1 atom stereocenters. The normalized spacial score (nSPS) is 15.3. The molecule has 1 aliphatic carbocycles. The Kier molecular flexibility index (Phi) is 3.87. The monoisotopic (exact) mass is 340 g/mol. The van der Waals surface area contributed by atoms with Crippen LogP contribution in [-0.2, 0) is 6.54 Å². The minimum atomic E-state index is -0.280. The number of amides is 2. The third-order valence-electron chi connectivity index (χ3n) is 4.48. The van der Waals surface area contributed by atoms with Crippen LogP contribution in [0.5, 0.6) is 0 Å². The Bertz CT molecular complexity index is 911. The third-order valence-corrected chi connectivity index (χ3v) is 4.48. The molecule has 0 unspecified atom stereocenters. The summed E-state index contributed by atoms with van der Waals surface area (Å²) in [7, 11) is 0. The number of carbonyl (C=O) groups excluding carboxylic acids is 1. The molecule has 1 aliphatic rings. The Labute approximate surface area is 144 Å². The Morgan fingerprint density at radius 1 is 1.40 bits per heavy atom. The van der Waals surface area contributed by atoms with Crippen molar-refractivity contribution in [2.24, 2.45) is 0 Å². The molecule has 0 spiro atoms. The molecule has 0 saturated heterocycles. The molecule has 0 bridgehead atoms. The molecule has 4 rings (SSSR count). The van der Waals surface area contributed by atoms with E-state index >= 15 is 0 Å². The Hall–Kier alpha value is -2.90. The van der Waals surface area contributed by atoms with Crippen molar-refractivity contribution in [2.75, 3.05) is 0 Å². The fourth-order valence-electron chi connectivity index (χ4n) is 3.01. The highest BCUT2D eigenvalue weighted by atomic mass is 16.3. The van der Waals surface area contributed by atoms with Gasteiger partial charge < -0.3 is 15.1 Å². The molecular weight excluding hydrogens is 320 g/mol. The number of nitrogens with zero attached hydrogens (tertiary/aromatic N) is 4. The predicted molar refractivity (Wildman–Crippen MR) is 90.8 cm³/mol. The van der Waals surface area contributed by atoms with E-state index in [0.29, 0.717) is 18.4 Å². The Morgan fingerprint density at radius 3 is 2.96 bits per heavy atom. The lowest BCUT2D eigenvalue weighted by molar-refractivity contribution is 0.235. The number of para-hydroxylation sites is 1. The van der Waals surface area contributed by atoms with E-state index in [1.807, 2.05) is 38.1 Å². The van der Waals surface area contributed by atoms with Crippen molar-refractivity contribution in [1.82, 2.24) is 30.8 Å². The SMILES string of the molecule is Cc1c([C@H](C)NC(=O)NCc2nnnn2C2CC2)oc2ccccc12. The van der Waals surface area contributed by atoms with E-state index in [2.05, 4.69) is 26.2 Å². The second-order valence-corrected chi connectivity index (χ2v) is 6.41. The standard InChI is InChI=1S/C17H20N6O2/c1-10-13-5-3-4-6-14(13)25-16(10)11(2)19-17(24)18-9-15-20-21-22-23(15)12-7-8-12/h3-6,11-12H,7-9H2,1-2H3,(H2,18,19,24)/t11-/m0/s1. The maximum Gasteiger partial charge on any atom is 0.315 e. The summed E-state index contributed by atoms with van der Waals surface area (Å²) < 4.78 is 7.68. The van der Waals surface area contributed by atoms with Gasteiger partial charge in [0.05, 0.1) is 18.6 Å². The minimum Gasteiger partial charge on any atom is -0.459 e. The van der Waals surface area contributed by atoms with Gasteiger partial charge in [-0.1, -0.05) is 18.2 Å². The van der Waals surface area contributed by atoms with E-state index in [1.54, 1.807) is 4.68 Å². The van der Waals surface area contributed by atoms with Gasteiger partial charge in [0.1, 0.15) is 11.3 Å². The smallest absolute Gasteiger partial charge is 0.315 e. The number of hydrogen-bond acceptors (Lipinski definition) is 5. The quantitative estimate of drug-likeness (QED) is 0.744. The summed E-state index contributed by atoms with van der Waals surface area (Å²) in [6.07, 6.45) is 2.18. The molecular formula is C17H20N6O2. The largest absolute Gasteiger partial charge is 0.459 e. The van der Waals surface area contributed by atoms with Crippen LogP contribution in [0.3, 0.4) is 0 Å². The summed E-state index contributed by atoms with van der Waals surface area (Å²) in [5.41, 5.74) is 1.87. The predicted octanol–water partition coefficient (Wildman–Crippen LogP) is 2.62. The van der Waals surface area contributed by atoms with Gasteiger partial charge in [0.15, 0.2) is 5.82 Å². The van der Waals surface area contributed by atoms with Crippen LogP contribution in [0.2, 0.25) is 0 Å². The molecule has 1 saturated carbocycles. The number of nitrogens with one attached hydrogen (secondary N) is 2. The first-order valence-corrected chi connectivity index (χ1v) is 8.42. The summed E-state index contributed by atoms with van der Waals surface area (Å²) in [4.78, 5) is 12.2. The lowest BCUT2D eigenvalue weighted by atomic mass is 10.1. The van der Waals surface area contributed by atoms with Crippen LogP contribution in [0, 0.1) is 6.92 Å². The zero-order valence-corrected chi connectivity index (χ0v) is 14.2. The molecule has 8 heteroatoms. The molecule has 130 valence electrons. The average Bonchev–Trinajstić information content (AvgIpc) is 3.25. The topological polar surface area (TPSA) is 97.9 Å². The van der Waals surface area contributed by atoms with E-state index < -0.39 is 0 Å². The van der Waals surface area contributed by atoms with E-state index in [9.17, 15) is 4.79 Å². The zero-order valence-electron chi connectivity index (χ0n) is 14.2. The van der Waals surface area contributed by atoms with Crippen molar-refractivity contribution in [3.8, 4) is 0 Å². The maximum atomic E-state index is 12.2. The second-order valence-electron chi connectivity index (χ2n) is 6.41. The van der Waals surface area contributed by atoms with Crippen molar-refractivity contribution in [3.05, 3.63) is 41.4 Å². The molecule has 2 amide bonds. The molecule has 2 heterocycles. The van der Waals surface area contributed by atoms with Gasteiger partial charge in [-0.05, 0) is 43.2 Å². The molecule has 1 fully saturated rings. The molecule has 2 N–H and O–H groups in total. The summed E-state index contributed by atoms with van der Waals surface area (Å²) >= 11 is 0. The van der Waals surface area contributed by atoms with Gasteiger partial charge >= 0.3 is 6.03 Å². The first-order valence-electron chi connectivity index (χ1n) is 8.42. The first kappa shape index (κ1) is 15.6. The number of hydrogen-bond donors (Lipinski definition) is 2. The number of fused-ring (bicyclic) bond motifs is 1. The highest BCUT2D eigenvalue weighted by Gasteiger charge is 2.27. The number of urea groups is 1. The van der Waals surface area contributed by atoms with Crippen molar-refractivity contribution >= 4 is 17.0 Å². The van der Waals surface area contributed by atoms with E-state index in [4.69, 9.17) is 4.42 Å². The van der Waals surface area contributed by atoms with Crippen LogP contribution in [-0.4, -0.2) is 26.2 Å². The van der Waals surface area contributed by atoms with E-state index in [-0.39, 0.29) is 12.1 Å². The summed E-state index contributed by atoms with van der Waals surface area (Å²) in [6.45, 7) is 4.20. The number of aryl methyl sites for hydroxylation is 1. The van der Waals surface area contributed by atoms with Crippen molar-refractivity contribution in [2.45, 2.75) is 45.3 Å². The Balaban J connectivity index is 1.39. The van der Waals surface area contributed by atoms with Crippen LogP contribution < -0.4 is 10.6 Å². The molecule has 0 aliphatic heterocycles. The van der Waals surface area contributed by atoms with Gasteiger partial charge in [-0.15, -0.1) is 5.10 Å². The third kappa shape index (κ3) is 3.07. The lowest BCUT2D eigenvalue weighted by Gasteiger charge is -2.13. The number of furan rings is 1. The van der Waals surface area contributed by atoms with Crippen LogP contribution in [0.4, 0.5) is 4.79 Å². The number of aromatic nitrogens is 4. The molecule has 3 aromatic rings. The highest BCUT2D eigenvalue weighted by molar-refractivity contribution is 5.82. The van der Waals surface area contributed by atoms with Gasteiger partial charge in [0.25, 0.3) is 0 Å².